The summed E-state index contributed by atoms with van der Waals surface area (Å²) in [5.41, 5.74) is 0.764. The van der Waals surface area contributed by atoms with Crippen molar-refractivity contribution in [2.24, 2.45) is 0 Å². The predicted octanol–water partition coefficient (Wildman–Crippen LogP) is 4.47. The van der Waals surface area contributed by atoms with E-state index >= 15 is 0 Å². The lowest BCUT2D eigenvalue weighted by molar-refractivity contribution is -0.132. The lowest BCUT2D eigenvalue weighted by Crippen LogP contribution is -2.29. The number of nitrogens with zero attached hydrogens (tertiary/aromatic N) is 2. The summed E-state index contributed by atoms with van der Waals surface area (Å²) in [6.07, 6.45) is 3.05. The first kappa shape index (κ1) is 21.4. The fourth-order valence-corrected chi connectivity index (χ4v) is 3.82. The Hall–Kier alpha value is -3.84. The van der Waals surface area contributed by atoms with E-state index in [0.29, 0.717) is 23.5 Å². The van der Waals surface area contributed by atoms with Crippen molar-refractivity contribution in [2.75, 3.05) is 11.5 Å². The van der Waals surface area contributed by atoms with Crippen molar-refractivity contribution in [3.63, 3.8) is 0 Å². The number of aliphatic hydroxyl groups excluding tert-OH is 1. The molecule has 2 aromatic carbocycles. The molecule has 162 valence electrons. The van der Waals surface area contributed by atoms with Gasteiger partial charge in [0.15, 0.2) is 0 Å². The molecule has 3 aromatic rings. The Bertz CT molecular complexity index is 1210. The second-order valence-electron chi connectivity index (χ2n) is 7.05. The van der Waals surface area contributed by atoms with Crippen molar-refractivity contribution in [3.05, 3.63) is 88.7 Å². The van der Waals surface area contributed by atoms with Gasteiger partial charge in [-0.15, -0.1) is 0 Å². The molecule has 4 rings (SSSR count). The number of ether oxygens (including phenoxy) is 1. The maximum atomic E-state index is 13.1. The van der Waals surface area contributed by atoms with Gasteiger partial charge < -0.3 is 14.9 Å². The first-order chi connectivity index (χ1) is 15.4. The summed E-state index contributed by atoms with van der Waals surface area (Å²) in [7, 11) is 0. The van der Waals surface area contributed by atoms with Gasteiger partial charge in [-0.2, -0.15) is 0 Å². The number of phenols is 1. The molecule has 8 heteroatoms. The largest absolute Gasteiger partial charge is 0.507 e. The molecular formula is C24H19ClN2O5. The van der Waals surface area contributed by atoms with E-state index in [1.165, 1.54) is 24.4 Å². The highest BCUT2D eigenvalue weighted by molar-refractivity contribution is 6.52. The average molecular weight is 451 g/mol. The van der Waals surface area contributed by atoms with Crippen LogP contribution in [0.2, 0.25) is 5.02 Å². The number of hydrogen-bond donors (Lipinski definition) is 2. The fraction of sp³-hybridized carbons (Fsp3) is 0.125. The molecule has 1 saturated heterocycles. The van der Waals surface area contributed by atoms with Gasteiger partial charge in [0.05, 0.1) is 23.9 Å². The van der Waals surface area contributed by atoms with Crippen LogP contribution in [0.15, 0.2) is 72.6 Å². The van der Waals surface area contributed by atoms with Crippen LogP contribution in [0.5, 0.6) is 11.5 Å². The van der Waals surface area contributed by atoms with E-state index in [1.807, 2.05) is 6.92 Å². The van der Waals surface area contributed by atoms with Crippen LogP contribution in [-0.4, -0.2) is 33.5 Å². The number of benzene rings is 2. The predicted molar refractivity (Wildman–Crippen MR) is 120 cm³/mol. The molecule has 1 unspecified atom stereocenters. The summed E-state index contributed by atoms with van der Waals surface area (Å²) in [4.78, 5) is 31.4. The van der Waals surface area contributed by atoms with Crippen molar-refractivity contribution < 1.29 is 24.5 Å². The molecule has 1 aliphatic heterocycles. The Morgan fingerprint density at radius 3 is 2.56 bits per heavy atom. The van der Waals surface area contributed by atoms with E-state index in [2.05, 4.69) is 4.98 Å². The van der Waals surface area contributed by atoms with Gasteiger partial charge in [-0.25, -0.2) is 0 Å². The monoisotopic (exact) mass is 450 g/mol. The van der Waals surface area contributed by atoms with Crippen LogP contribution in [0.3, 0.4) is 0 Å². The molecule has 0 aliphatic carbocycles. The smallest absolute Gasteiger partial charge is 0.300 e. The number of aromatic nitrogens is 1. The molecule has 1 amide bonds. The molecule has 7 nitrogen and oxygen atoms in total. The van der Waals surface area contributed by atoms with Crippen molar-refractivity contribution in [1.29, 1.82) is 0 Å². The quantitative estimate of drug-likeness (QED) is 0.338. The highest BCUT2D eigenvalue weighted by atomic mass is 35.5. The van der Waals surface area contributed by atoms with Gasteiger partial charge in [0.1, 0.15) is 17.3 Å². The van der Waals surface area contributed by atoms with Crippen molar-refractivity contribution in [3.8, 4) is 11.5 Å². The minimum absolute atomic E-state index is 0.0548. The van der Waals surface area contributed by atoms with Crippen molar-refractivity contribution in [1.82, 2.24) is 4.98 Å². The molecule has 0 saturated carbocycles. The number of Topliss-reactive ketones (excluding diaryl/α,β-unsaturated/α-hetero) is 1. The summed E-state index contributed by atoms with van der Waals surface area (Å²) in [5, 5.41) is 21.8. The zero-order valence-electron chi connectivity index (χ0n) is 17.0. The van der Waals surface area contributed by atoms with Crippen LogP contribution in [-0.2, 0) is 9.59 Å². The molecule has 32 heavy (non-hydrogen) atoms. The van der Waals surface area contributed by atoms with Crippen LogP contribution in [0.1, 0.15) is 24.1 Å². The Morgan fingerprint density at radius 2 is 1.91 bits per heavy atom. The van der Waals surface area contributed by atoms with E-state index in [0.717, 1.165) is 4.90 Å². The molecule has 2 heterocycles. The third kappa shape index (κ3) is 3.78. The topological polar surface area (TPSA) is 100.0 Å². The zero-order chi connectivity index (χ0) is 22.8. The lowest BCUT2D eigenvalue weighted by Gasteiger charge is -2.25. The molecule has 1 fully saturated rings. The minimum atomic E-state index is -1.01. The number of carbonyl (C=O) groups excluding carboxylic acids is 2. The first-order valence-corrected chi connectivity index (χ1v) is 10.2. The molecule has 1 aliphatic rings. The maximum absolute atomic E-state index is 13.1. The molecule has 0 bridgehead atoms. The summed E-state index contributed by atoms with van der Waals surface area (Å²) < 4.78 is 5.42. The molecule has 0 radical (unpaired) electrons. The van der Waals surface area contributed by atoms with Crippen LogP contribution in [0, 0.1) is 0 Å². The SMILES string of the molecule is CCOc1ccc(/C(O)=C2\C(=O)C(=O)N(c3cc(Cl)ccc3O)C2c2cccnc2)cc1. The van der Waals surface area contributed by atoms with Gasteiger partial charge in [-0.1, -0.05) is 17.7 Å². The van der Waals surface area contributed by atoms with Crippen LogP contribution < -0.4 is 9.64 Å². The van der Waals surface area contributed by atoms with Crippen molar-refractivity contribution in [2.45, 2.75) is 13.0 Å². The summed E-state index contributed by atoms with van der Waals surface area (Å²) in [6.45, 7) is 2.34. The Labute approximate surface area is 189 Å². The van der Waals surface area contributed by atoms with Crippen LogP contribution >= 0.6 is 11.6 Å². The van der Waals surface area contributed by atoms with E-state index in [4.69, 9.17) is 16.3 Å². The molecule has 2 N–H and O–H groups in total. The van der Waals surface area contributed by atoms with Crippen LogP contribution in [0.4, 0.5) is 5.69 Å². The van der Waals surface area contributed by atoms with Gasteiger partial charge in [-0.05, 0) is 61.0 Å². The highest BCUT2D eigenvalue weighted by Gasteiger charge is 2.47. The number of hydrogen-bond acceptors (Lipinski definition) is 6. The molecule has 1 atom stereocenters. The summed E-state index contributed by atoms with van der Waals surface area (Å²) in [6, 6.07) is 13.1. The third-order valence-electron chi connectivity index (χ3n) is 5.08. The summed E-state index contributed by atoms with van der Waals surface area (Å²) in [5.74, 6) is -1.75. The minimum Gasteiger partial charge on any atom is -0.507 e. The number of aliphatic hydroxyl groups is 1. The number of pyridine rings is 1. The van der Waals surface area contributed by atoms with Crippen molar-refractivity contribution >= 4 is 34.7 Å². The molecule has 1 aromatic heterocycles. The highest BCUT2D eigenvalue weighted by Crippen LogP contribution is 2.45. The number of phenolic OH excluding ortho intramolecular Hbond substituents is 1. The van der Waals surface area contributed by atoms with Crippen LogP contribution in [0.25, 0.3) is 5.76 Å². The number of ketones is 1. The third-order valence-corrected chi connectivity index (χ3v) is 5.32. The van der Waals surface area contributed by atoms with Gasteiger partial charge in [0.25, 0.3) is 11.7 Å². The Balaban J connectivity index is 1.91. The van der Waals surface area contributed by atoms with Gasteiger partial charge in [-0.3, -0.25) is 19.5 Å². The lowest BCUT2D eigenvalue weighted by atomic mass is 9.96. The van der Waals surface area contributed by atoms with E-state index < -0.39 is 17.7 Å². The number of halogens is 1. The van der Waals surface area contributed by atoms with Gasteiger partial charge >= 0.3 is 0 Å². The second-order valence-corrected chi connectivity index (χ2v) is 7.48. The normalized spacial score (nSPS) is 17.6. The van der Waals surface area contributed by atoms with Gasteiger partial charge in [0, 0.05) is 23.0 Å². The Morgan fingerprint density at radius 1 is 1.16 bits per heavy atom. The number of aromatic hydroxyl groups is 1. The number of anilines is 1. The Kier molecular flexibility index (Phi) is 5.83. The van der Waals surface area contributed by atoms with E-state index in [1.54, 1.807) is 42.6 Å². The standard InChI is InChI=1S/C24H19ClN2O5/c1-2-32-17-8-5-14(6-9-17)22(29)20-21(15-4-3-11-26-13-15)27(24(31)23(20)30)18-12-16(25)7-10-19(18)28/h3-13,21,28-29H,2H2,1H3/b22-20+. The first-order valence-electron chi connectivity index (χ1n) is 9.85. The average Bonchev–Trinajstić information content (AvgIpc) is 3.07. The number of amides is 1. The molecule has 0 spiro atoms. The second kappa shape index (κ2) is 8.72. The molecular weight excluding hydrogens is 432 g/mol. The number of carbonyl (C=O) groups is 2. The van der Waals surface area contributed by atoms with E-state index in [-0.39, 0.29) is 27.8 Å². The summed E-state index contributed by atoms with van der Waals surface area (Å²) >= 11 is 6.09. The zero-order valence-corrected chi connectivity index (χ0v) is 17.8. The maximum Gasteiger partial charge on any atom is 0.300 e. The number of rotatable bonds is 5. The fourth-order valence-electron chi connectivity index (χ4n) is 3.65. The van der Waals surface area contributed by atoms with Gasteiger partial charge in [0.2, 0.25) is 0 Å². The van der Waals surface area contributed by atoms with E-state index in [9.17, 15) is 19.8 Å².